The zero-order valence-corrected chi connectivity index (χ0v) is 27.4. The highest BCUT2D eigenvalue weighted by molar-refractivity contribution is 5.91. The monoisotopic (exact) mass is 632 g/mol. The first-order valence-electron chi connectivity index (χ1n) is 16.8. The third-order valence-electron chi connectivity index (χ3n) is 10.2. The molecule has 0 aromatic heterocycles. The van der Waals surface area contributed by atoms with Crippen LogP contribution in [-0.2, 0) is 22.4 Å². The number of benzene rings is 2. The van der Waals surface area contributed by atoms with Gasteiger partial charge in [-0.3, -0.25) is 9.69 Å². The Hall–Kier alpha value is -3.83. The summed E-state index contributed by atoms with van der Waals surface area (Å²) >= 11 is 0. The number of para-hydroxylation sites is 1. The molecular weight excluding hydrogens is 584 g/mol. The fraction of sp³-hybridized carbons (Fsp3) is 0.571. The van der Waals surface area contributed by atoms with Crippen molar-refractivity contribution in [2.45, 2.75) is 70.6 Å². The Morgan fingerprint density at radius 3 is 2.26 bits per heavy atom. The summed E-state index contributed by atoms with van der Waals surface area (Å²) in [5.41, 5.74) is 4.91. The number of hydrogen-bond acceptors (Lipinski definition) is 7. The number of hydrogen-bond donors (Lipinski definition) is 2. The van der Waals surface area contributed by atoms with E-state index in [2.05, 4.69) is 21.6 Å². The Kier molecular flexibility index (Phi) is 9.98. The quantitative estimate of drug-likeness (QED) is 0.479. The first-order chi connectivity index (χ1) is 22.3. The van der Waals surface area contributed by atoms with E-state index in [4.69, 9.17) is 9.47 Å². The fourth-order valence-corrected chi connectivity index (χ4v) is 7.66. The molecule has 0 saturated carbocycles. The third kappa shape index (κ3) is 7.10. The molecule has 4 heterocycles. The molecule has 4 aliphatic heterocycles. The number of aryl methyl sites for hydroxylation is 2. The first-order valence-corrected chi connectivity index (χ1v) is 16.8. The molecule has 2 aromatic carbocycles. The van der Waals surface area contributed by atoms with Crippen LogP contribution in [0, 0.1) is 13.8 Å². The Labute approximate surface area is 272 Å². The molecule has 11 nitrogen and oxygen atoms in total. The fourth-order valence-electron chi connectivity index (χ4n) is 7.66. The number of anilines is 1. The molecule has 4 aliphatic rings. The minimum atomic E-state index is -0.919. The van der Waals surface area contributed by atoms with Gasteiger partial charge in [-0.25, -0.2) is 9.59 Å². The second-order valence-corrected chi connectivity index (χ2v) is 13.1. The minimum absolute atomic E-state index is 0.0353. The highest BCUT2D eigenvalue weighted by Gasteiger charge is 2.36. The summed E-state index contributed by atoms with van der Waals surface area (Å²) in [6.07, 6.45) is 2.85. The molecule has 1 unspecified atom stereocenters. The number of carbonyl (C=O) groups excluding carboxylic acids is 3. The molecule has 46 heavy (non-hydrogen) atoms. The number of methoxy groups -OCH3 is 1. The van der Waals surface area contributed by atoms with Gasteiger partial charge in [-0.05, 0) is 74.3 Å². The standard InChI is InChI=1S/C35H48N6O5/c1-24-20-26(21-25(2)32(24)45-3)22-31(33(42)38-14-9-28(10-15-38)40-19-13-36-23-40)46-35(44)39-16-11-29(12-17-39)41-18-8-27-6-4-5-7-30(27)37-34(41)43/h4-7,20-21,28-29,31,36H,8-19,22-23H2,1-3H3,(H,37,43). The summed E-state index contributed by atoms with van der Waals surface area (Å²) in [6.45, 7) is 9.82. The Morgan fingerprint density at radius 2 is 1.59 bits per heavy atom. The lowest BCUT2D eigenvalue weighted by molar-refractivity contribution is -0.142. The summed E-state index contributed by atoms with van der Waals surface area (Å²) < 4.78 is 11.6. The summed E-state index contributed by atoms with van der Waals surface area (Å²) in [4.78, 5) is 48.6. The predicted octanol–water partition coefficient (Wildman–Crippen LogP) is 3.77. The maximum atomic E-state index is 14.0. The largest absolute Gasteiger partial charge is 0.496 e. The van der Waals surface area contributed by atoms with Gasteiger partial charge in [0.25, 0.3) is 5.91 Å². The molecule has 248 valence electrons. The van der Waals surface area contributed by atoms with Crippen molar-refractivity contribution in [1.29, 1.82) is 0 Å². The highest BCUT2D eigenvalue weighted by atomic mass is 16.6. The van der Waals surface area contributed by atoms with Crippen molar-refractivity contribution in [3.8, 4) is 5.75 Å². The molecule has 0 spiro atoms. The molecule has 2 N–H and O–H groups in total. The number of piperidine rings is 2. The lowest BCUT2D eigenvalue weighted by Gasteiger charge is -2.39. The van der Waals surface area contributed by atoms with Crippen LogP contribution in [0.15, 0.2) is 36.4 Å². The average Bonchev–Trinajstić information content (AvgIpc) is 3.55. The number of likely N-dealkylation sites (tertiary alicyclic amines) is 2. The van der Waals surface area contributed by atoms with Gasteiger partial charge < -0.3 is 34.8 Å². The van der Waals surface area contributed by atoms with Gasteiger partial charge in [0.05, 0.1) is 7.11 Å². The van der Waals surface area contributed by atoms with Gasteiger partial charge in [0.1, 0.15) is 5.75 Å². The van der Waals surface area contributed by atoms with Gasteiger partial charge in [0.2, 0.25) is 0 Å². The molecule has 1 atom stereocenters. The van der Waals surface area contributed by atoms with Crippen molar-refractivity contribution in [1.82, 2.24) is 24.9 Å². The average molecular weight is 633 g/mol. The van der Waals surface area contributed by atoms with Crippen molar-refractivity contribution in [2.75, 3.05) is 64.9 Å². The van der Waals surface area contributed by atoms with Crippen molar-refractivity contribution >= 4 is 23.7 Å². The number of rotatable bonds is 7. The zero-order valence-electron chi connectivity index (χ0n) is 27.4. The molecule has 11 heteroatoms. The summed E-state index contributed by atoms with van der Waals surface area (Å²) in [6, 6.07) is 12.4. The van der Waals surface area contributed by atoms with Crippen molar-refractivity contribution < 1.29 is 23.9 Å². The number of carbonyl (C=O) groups is 3. The summed E-state index contributed by atoms with van der Waals surface area (Å²) in [5.74, 6) is 0.695. The van der Waals surface area contributed by atoms with Crippen LogP contribution >= 0.6 is 0 Å². The molecule has 0 radical (unpaired) electrons. The van der Waals surface area contributed by atoms with E-state index in [-0.39, 0.29) is 18.0 Å². The van der Waals surface area contributed by atoms with Crippen molar-refractivity contribution in [3.63, 3.8) is 0 Å². The van der Waals surface area contributed by atoms with Crippen LogP contribution < -0.4 is 15.4 Å². The van der Waals surface area contributed by atoms with Crippen molar-refractivity contribution in [2.24, 2.45) is 0 Å². The maximum Gasteiger partial charge on any atom is 0.410 e. The zero-order chi connectivity index (χ0) is 32.2. The van der Waals surface area contributed by atoms with Gasteiger partial charge in [0.15, 0.2) is 6.10 Å². The van der Waals surface area contributed by atoms with E-state index < -0.39 is 12.2 Å². The van der Waals surface area contributed by atoms with Crippen LogP contribution in [0.2, 0.25) is 0 Å². The molecule has 3 saturated heterocycles. The first kappa shape index (κ1) is 32.1. The predicted molar refractivity (Wildman–Crippen MR) is 176 cm³/mol. The van der Waals surface area contributed by atoms with Crippen LogP contribution in [0.5, 0.6) is 5.75 Å². The highest BCUT2D eigenvalue weighted by Crippen LogP contribution is 2.28. The number of fused-ring (bicyclic) bond motifs is 1. The Balaban J connectivity index is 1.10. The number of amides is 4. The summed E-state index contributed by atoms with van der Waals surface area (Å²) in [5, 5.41) is 6.46. The molecular formula is C35H48N6O5. The molecule has 0 bridgehead atoms. The molecule has 0 aliphatic carbocycles. The summed E-state index contributed by atoms with van der Waals surface area (Å²) in [7, 11) is 1.66. The number of nitrogens with zero attached hydrogens (tertiary/aromatic N) is 4. The van der Waals surface area contributed by atoms with Gasteiger partial charge in [-0.1, -0.05) is 30.3 Å². The van der Waals surface area contributed by atoms with Gasteiger partial charge >= 0.3 is 12.1 Å². The second-order valence-electron chi connectivity index (χ2n) is 13.1. The smallest absolute Gasteiger partial charge is 0.410 e. The topological polar surface area (TPSA) is 107 Å². The minimum Gasteiger partial charge on any atom is -0.496 e. The number of ether oxygens (including phenoxy) is 2. The van der Waals surface area contributed by atoms with E-state index in [1.165, 1.54) is 0 Å². The normalized spacial score (nSPS) is 20.6. The molecule has 2 aromatic rings. The number of urea groups is 1. The van der Waals surface area contributed by atoms with Crippen LogP contribution in [0.1, 0.15) is 47.9 Å². The van der Waals surface area contributed by atoms with E-state index in [1.807, 2.05) is 54.0 Å². The van der Waals surface area contributed by atoms with Crippen LogP contribution in [-0.4, -0.2) is 115 Å². The van der Waals surface area contributed by atoms with E-state index in [1.54, 1.807) is 12.0 Å². The van der Waals surface area contributed by atoms with Gasteiger partial charge in [-0.15, -0.1) is 0 Å². The molecule has 3 fully saturated rings. The Bertz CT molecular complexity index is 1390. The van der Waals surface area contributed by atoms with Crippen molar-refractivity contribution in [3.05, 3.63) is 58.7 Å². The maximum absolute atomic E-state index is 14.0. The third-order valence-corrected chi connectivity index (χ3v) is 10.2. The Morgan fingerprint density at radius 1 is 0.913 bits per heavy atom. The van der Waals surface area contributed by atoms with Gasteiger partial charge in [0, 0.05) is 76.7 Å². The lowest BCUT2D eigenvalue weighted by atomic mass is 9.99. The molecule has 6 rings (SSSR count). The van der Waals surface area contributed by atoms with E-state index in [0.717, 1.165) is 72.7 Å². The second kappa shape index (κ2) is 14.3. The van der Waals surface area contributed by atoms with E-state index >= 15 is 0 Å². The van der Waals surface area contributed by atoms with E-state index in [9.17, 15) is 14.4 Å². The molecule has 4 amide bonds. The van der Waals surface area contributed by atoms with Gasteiger partial charge in [-0.2, -0.15) is 0 Å². The van der Waals surface area contributed by atoms with Crippen LogP contribution in [0.4, 0.5) is 15.3 Å². The van der Waals surface area contributed by atoms with E-state index in [0.29, 0.717) is 58.0 Å². The van der Waals surface area contributed by atoms with Crippen LogP contribution in [0.3, 0.4) is 0 Å². The lowest BCUT2D eigenvalue weighted by Crippen LogP contribution is -2.52. The van der Waals surface area contributed by atoms with Crippen LogP contribution in [0.25, 0.3) is 0 Å². The SMILES string of the molecule is COc1c(C)cc(CC(OC(=O)N2CCC(N3CCc4ccccc4NC3=O)CC2)C(=O)N2CCC(N3CCNC3)CC2)cc1C. The number of nitrogens with one attached hydrogen (secondary N) is 2.